The number of para-hydroxylation sites is 1. The highest BCUT2D eigenvalue weighted by Crippen LogP contribution is 2.39. The summed E-state index contributed by atoms with van der Waals surface area (Å²) in [5.41, 5.74) is 2.22. The second-order valence-electron chi connectivity index (χ2n) is 5.77. The van der Waals surface area contributed by atoms with Gasteiger partial charge in [-0.3, -0.25) is 0 Å². The maximum Gasteiger partial charge on any atom is 0.267 e. The Kier molecular flexibility index (Phi) is 9.03. The Morgan fingerprint density at radius 2 is 1.56 bits per heavy atom. The van der Waals surface area contributed by atoms with E-state index in [1.807, 2.05) is 30.3 Å². The van der Waals surface area contributed by atoms with E-state index < -0.39 is 3.93 Å². The first kappa shape index (κ1) is 21.0. The van der Waals surface area contributed by atoms with Gasteiger partial charge in [-0.2, -0.15) is 0 Å². The summed E-state index contributed by atoms with van der Waals surface area (Å²) in [5, 5.41) is 0. The van der Waals surface area contributed by atoms with E-state index in [4.69, 9.17) is 9.47 Å². The van der Waals surface area contributed by atoms with Gasteiger partial charge in [0.05, 0.1) is 13.2 Å². The molecule has 2 rings (SSSR count). The van der Waals surface area contributed by atoms with Gasteiger partial charge in [-0.25, -0.2) is 0 Å². The SMILES string of the molecule is CCCCOc1cccc(-c2ccccc2)c1OCCC[Si](Br)(Br)Br. The maximum absolute atomic E-state index is 6.18. The molecular weight excluding hydrogens is 528 g/mol. The Hall–Kier alpha value is -0.303. The van der Waals surface area contributed by atoms with Gasteiger partial charge in [0.1, 0.15) is 0 Å². The highest BCUT2D eigenvalue weighted by Gasteiger charge is 2.21. The lowest BCUT2D eigenvalue weighted by Crippen LogP contribution is -2.09. The fourth-order valence-corrected chi connectivity index (χ4v) is 5.47. The molecule has 0 aliphatic carbocycles. The molecule has 0 aromatic heterocycles. The van der Waals surface area contributed by atoms with E-state index in [0.717, 1.165) is 47.9 Å². The fourth-order valence-electron chi connectivity index (χ4n) is 2.40. The first-order chi connectivity index (χ1) is 12.0. The van der Waals surface area contributed by atoms with Crippen LogP contribution in [-0.2, 0) is 0 Å². The molecule has 2 nitrogen and oxygen atoms in total. The normalized spacial score (nSPS) is 11.4. The van der Waals surface area contributed by atoms with Crippen molar-refractivity contribution in [1.29, 1.82) is 0 Å². The summed E-state index contributed by atoms with van der Waals surface area (Å²) in [5.74, 6) is 1.67. The Labute approximate surface area is 175 Å². The zero-order valence-electron chi connectivity index (χ0n) is 14.3. The first-order valence-electron chi connectivity index (χ1n) is 8.52. The molecule has 0 unspecified atom stereocenters. The summed E-state index contributed by atoms with van der Waals surface area (Å²) >= 11 is 11.0. The van der Waals surface area contributed by atoms with Gasteiger partial charge in [-0.15, -0.1) is 0 Å². The summed E-state index contributed by atoms with van der Waals surface area (Å²) in [6, 6.07) is 17.5. The minimum absolute atomic E-state index is 0.658. The molecule has 0 fully saturated rings. The molecular formula is C19H23Br3O2Si. The summed E-state index contributed by atoms with van der Waals surface area (Å²) in [6.45, 7) is 3.54. The molecule has 0 radical (unpaired) electrons. The highest BCUT2D eigenvalue weighted by molar-refractivity contribution is 9.72. The van der Waals surface area contributed by atoms with Crippen molar-refractivity contribution in [2.75, 3.05) is 13.2 Å². The minimum atomic E-state index is -1.59. The summed E-state index contributed by atoms with van der Waals surface area (Å²) in [6.07, 6.45) is 3.12. The molecule has 2 aromatic rings. The van der Waals surface area contributed by atoms with Crippen molar-refractivity contribution in [2.24, 2.45) is 0 Å². The number of benzene rings is 2. The van der Waals surface area contributed by atoms with Gasteiger partial charge in [0.2, 0.25) is 0 Å². The first-order valence-corrected chi connectivity index (χ1v) is 17.5. The Morgan fingerprint density at radius 1 is 0.840 bits per heavy atom. The van der Waals surface area contributed by atoms with Crippen LogP contribution in [0.5, 0.6) is 11.5 Å². The van der Waals surface area contributed by atoms with Gasteiger partial charge in [-0.05, 0) is 30.5 Å². The van der Waals surface area contributed by atoms with Crippen molar-refractivity contribution in [1.82, 2.24) is 0 Å². The van der Waals surface area contributed by atoms with Gasteiger partial charge in [0, 0.05) is 5.56 Å². The second-order valence-corrected chi connectivity index (χ2v) is 29.3. The van der Waals surface area contributed by atoms with Crippen LogP contribution in [0.2, 0.25) is 6.04 Å². The van der Waals surface area contributed by atoms with Crippen LogP contribution in [-0.4, -0.2) is 17.1 Å². The van der Waals surface area contributed by atoms with Crippen LogP contribution < -0.4 is 9.47 Å². The van der Waals surface area contributed by atoms with Gasteiger partial charge >= 0.3 is 0 Å². The van der Waals surface area contributed by atoms with Crippen molar-refractivity contribution in [3.63, 3.8) is 0 Å². The van der Waals surface area contributed by atoms with Crippen molar-refractivity contribution in [2.45, 2.75) is 32.2 Å². The second kappa shape index (κ2) is 10.8. The van der Waals surface area contributed by atoms with Crippen LogP contribution in [0.15, 0.2) is 48.5 Å². The van der Waals surface area contributed by atoms with Crippen LogP contribution in [0, 0.1) is 0 Å². The molecule has 0 spiro atoms. The van der Waals surface area contributed by atoms with Crippen molar-refractivity contribution in [3.05, 3.63) is 48.5 Å². The fraction of sp³-hybridized carbons (Fsp3) is 0.368. The number of unbranched alkanes of at least 4 members (excludes halogenated alkanes) is 1. The van der Waals surface area contributed by atoms with Gasteiger partial charge in [0.25, 0.3) is 3.93 Å². The molecule has 0 N–H and O–H groups in total. The van der Waals surface area contributed by atoms with Crippen molar-refractivity contribution < 1.29 is 9.47 Å². The van der Waals surface area contributed by atoms with Crippen LogP contribution in [0.3, 0.4) is 0 Å². The highest BCUT2D eigenvalue weighted by atomic mass is 80.0. The lowest BCUT2D eigenvalue weighted by atomic mass is 10.0. The summed E-state index contributed by atoms with van der Waals surface area (Å²) in [7, 11) is 0. The number of halogens is 3. The zero-order chi connectivity index (χ0) is 18.1. The lowest BCUT2D eigenvalue weighted by Gasteiger charge is -2.17. The molecule has 25 heavy (non-hydrogen) atoms. The number of hydrogen-bond donors (Lipinski definition) is 0. The van der Waals surface area contributed by atoms with Crippen molar-refractivity contribution in [3.8, 4) is 22.6 Å². The summed E-state index contributed by atoms with van der Waals surface area (Å²) < 4.78 is 10.6. The molecule has 0 aliphatic rings. The standard InChI is InChI=1S/C19H23Br3O2Si/c1-2-3-13-23-18-12-7-11-17(16-9-5-4-6-10-16)19(18)24-14-8-15-25(20,21)22/h4-7,9-12H,2-3,8,13-15H2,1H3. The number of ether oxygens (including phenoxy) is 2. The molecule has 0 atom stereocenters. The quantitative estimate of drug-likeness (QED) is 0.174. The molecule has 136 valence electrons. The zero-order valence-corrected chi connectivity index (χ0v) is 20.1. The van der Waals surface area contributed by atoms with Gasteiger partial charge in [0.15, 0.2) is 11.5 Å². The average molecular weight is 551 g/mol. The van der Waals surface area contributed by atoms with Gasteiger partial charge < -0.3 is 9.47 Å². The lowest BCUT2D eigenvalue weighted by molar-refractivity contribution is 0.266. The van der Waals surface area contributed by atoms with E-state index in [1.165, 1.54) is 0 Å². The topological polar surface area (TPSA) is 18.5 Å². The maximum atomic E-state index is 6.18. The molecule has 0 saturated carbocycles. The van der Waals surface area contributed by atoms with E-state index in [1.54, 1.807) is 0 Å². The Morgan fingerprint density at radius 3 is 2.24 bits per heavy atom. The third-order valence-electron chi connectivity index (χ3n) is 3.67. The number of hydrogen-bond acceptors (Lipinski definition) is 2. The molecule has 6 heteroatoms. The molecule has 0 saturated heterocycles. The number of rotatable bonds is 10. The average Bonchev–Trinajstić information content (AvgIpc) is 2.59. The molecule has 2 aromatic carbocycles. The van der Waals surface area contributed by atoms with Crippen LogP contribution >= 0.6 is 45.9 Å². The minimum Gasteiger partial charge on any atom is -0.490 e. The summed E-state index contributed by atoms with van der Waals surface area (Å²) in [4.78, 5) is 0. The van der Waals surface area contributed by atoms with Gasteiger partial charge in [-0.1, -0.05) is 102 Å². The predicted octanol–water partition coefficient (Wildman–Crippen LogP) is 7.43. The Balaban J connectivity index is 2.18. The monoisotopic (exact) mass is 548 g/mol. The van der Waals surface area contributed by atoms with E-state index in [0.29, 0.717) is 13.2 Å². The van der Waals surface area contributed by atoms with E-state index in [2.05, 4.69) is 71.0 Å². The van der Waals surface area contributed by atoms with E-state index >= 15 is 0 Å². The van der Waals surface area contributed by atoms with E-state index in [9.17, 15) is 0 Å². The Bertz CT molecular complexity index is 645. The molecule has 0 bridgehead atoms. The molecule has 0 amide bonds. The van der Waals surface area contributed by atoms with Crippen LogP contribution in [0.25, 0.3) is 11.1 Å². The molecule has 0 aliphatic heterocycles. The third kappa shape index (κ3) is 7.45. The predicted molar refractivity (Wildman–Crippen MR) is 120 cm³/mol. The third-order valence-corrected chi connectivity index (χ3v) is 8.16. The van der Waals surface area contributed by atoms with Crippen LogP contribution in [0.4, 0.5) is 0 Å². The molecule has 0 heterocycles. The van der Waals surface area contributed by atoms with Crippen molar-refractivity contribution >= 4 is 49.8 Å². The largest absolute Gasteiger partial charge is 0.490 e. The smallest absolute Gasteiger partial charge is 0.267 e. The van der Waals surface area contributed by atoms with E-state index in [-0.39, 0.29) is 0 Å². The van der Waals surface area contributed by atoms with Crippen LogP contribution in [0.1, 0.15) is 26.2 Å².